The van der Waals surface area contributed by atoms with E-state index >= 15 is 0 Å². The van der Waals surface area contributed by atoms with E-state index in [1.54, 1.807) is 13.1 Å². The number of benzene rings is 1. The van der Waals surface area contributed by atoms with Crippen LogP contribution in [0.15, 0.2) is 30.5 Å². The molecule has 9 heteroatoms. The number of hydrogen-bond donors (Lipinski definition) is 2. The predicted octanol–water partition coefficient (Wildman–Crippen LogP) is 4.22. The molecule has 32 heavy (non-hydrogen) atoms. The average Bonchev–Trinajstić information content (AvgIpc) is 3.12. The van der Waals surface area contributed by atoms with Crippen LogP contribution in [-0.2, 0) is 20.0 Å². The van der Waals surface area contributed by atoms with Gasteiger partial charge in [0.1, 0.15) is 22.8 Å². The molecule has 1 aliphatic rings. The number of hydrogen-bond acceptors (Lipinski definition) is 6. The standard InChI is InChI=1S/C23H23F2N7/c1-12(2)20-15-8-14(9-16(24)22(15)32(3)31-20)21-17(25)11-27-23(30-21)29-19-5-4-13-10-26-7-6-18(13)28-19/h4-5,8-9,11-12,26H,6-7,10H2,1-3H3,(H,27,28,29,30). The number of aromatic nitrogens is 5. The Kier molecular flexibility index (Phi) is 5.05. The Morgan fingerprint density at radius 2 is 1.97 bits per heavy atom. The molecule has 0 unspecified atom stereocenters. The summed E-state index contributed by atoms with van der Waals surface area (Å²) in [5.41, 5.74) is 3.66. The van der Waals surface area contributed by atoms with E-state index in [0.717, 1.165) is 42.7 Å². The minimum absolute atomic E-state index is 0.0176. The summed E-state index contributed by atoms with van der Waals surface area (Å²) < 4.78 is 31.2. The zero-order valence-corrected chi connectivity index (χ0v) is 18.1. The first-order valence-electron chi connectivity index (χ1n) is 10.6. The van der Waals surface area contributed by atoms with Crippen LogP contribution in [0.25, 0.3) is 22.2 Å². The zero-order chi connectivity index (χ0) is 22.4. The molecule has 0 aliphatic carbocycles. The zero-order valence-electron chi connectivity index (χ0n) is 18.1. The summed E-state index contributed by atoms with van der Waals surface area (Å²) in [5.74, 6) is -0.241. The number of nitrogens with zero attached hydrogens (tertiary/aromatic N) is 5. The van der Waals surface area contributed by atoms with E-state index in [1.165, 1.54) is 10.7 Å². The van der Waals surface area contributed by atoms with Crippen LogP contribution in [-0.4, -0.2) is 31.3 Å². The normalized spacial score (nSPS) is 13.6. The van der Waals surface area contributed by atoms with E-state index in [1.807, 2.05) is 26.0 Å². The van der Waals surface area contributed by atoms with Crippen molar-refractivity contribution in [2.75, 3.05) is 11.9 Å². The van der Waals surface area contributed by atoms with E-state index in [-0.39, 0.29) is 17.6 Å². The summed E-state index contributed by atoms with van der Waals surface area (Å²) in [6, 6.07) is 6.86. The molecule has 0 spiro atoms. The number of aryl methyl sites for hydroxylation is 1. The average molecular weight is 435 g/mol. The lowest BCUT2D eigenvalue weighted by atomic mass is 10.0. The van der Waals surface area contributed by atoms with Crippen molar-refractivity contribution in [2.24, 2.45) is 7.05 Å². The van der Waals surface area contributed by atoms with E-state index in [9.17, 15) is 8.78 Å². The molecule has 1 aliphatic heterocycles. The van der Waals surface area contributed by atoms with Gasteiger partial charge in [0.25, 0.3) is 0 Å². The van der Waals surface area contributed by atoms with Crippen LogP contribution in [0.3, 0.4) is 0 Å². The maximum absolute atomic E-state index is 15.0. The molecule has 5 rings (SSSR count). The molecule has 4 aromatic rings. The summed E-state index contributed by atoms with van der Waals surface area (Å²) >= 11 is 0. The smallest absolute Gasteiger partial charge is 0.229 e. The van der Waals surface area contributed by atoms with Gasteiger partial charge in [-0.2, -0.15) is 5.10 Å². The highest BCUT2D eigenvalue weighted by atomic mass is 19.1. The largest absolute Gasteiger partial charge is 0.312 e. The van der Waals surface area contributed by atoms with Crippen LogP contribution in [0.5, 0.6) is 0 Å². The molecule has 4 heterocycles. The van der Waals surface area contributed by atoms with Gasteiger partial charge in [-0.1, -0.05) is 19.9 Å². The molecule has 0 amide bonds. The fraction of sp³-hybridized carbons (Fsp3) is 0.304. The summed E-state index contributed by atoms with van der Waals surface area (Å²) in [6.45, 7) is 5.64. The van der Waals surface area contributed by atoms with Crippen molar-refractivity contribution in [2.45, 2.75) is 32.7 Å². The third kappa shape index (κ3) is 3.58. The first-order chi connectivity index (χ1) is 15.4. The third-order valence-electron chi connectivity index (χ3n) is 5.65. The fourth-order valence-corrected chi connectivity index (χ4v) is 4.10. The second-order valence-electron chi connectivity index (χ2n) is 8.26. The lowest BCUT2D eigenvalue weighted by Gasteiger charge is -2.17. The van der Waals surface area contributed by atoms with Gasteiger partial charge in [-0.3, -0.25) is 4.68 Å². The van der Waals surface area contributed by atoms with Gasteiger partial charge < -0.3 is 10.6 Å². The van der Waals surface area contributed by atoms with Crippen LogP contribution in [0.1, 0.15) is 36.7 Å². The summed E-state index contributed by atoms with van der Waals surface area (Å²) in [5, 5.41) is 11.4. The van der Waals surface area contributed by atoms with Gasteiger partial charge in [0.05, 0.1) is 11.9 Å². The van der Waals surface area contributed by atoms with E-state index in [0.29, 0.717) is 22.3 Å². The van der Waals surface area contributed by atoms with Gasteiger partial charge in [0.15, 0.2) is 5.82 Å². The molecule has 7 nitrogen and oxygen atoms in total. The van der Waals surface area contributed by atoms with Gasteiger partial charge >= 0.3 is 0 Å². The minimum Gasteiger partial charge on any atom is -0.312 e. The molecule has 1 aromatic carbocycles. The SMILES string of the molecule is CC(C)c1nn(C)c2c(F)cc(-c3nc(Nc4ccc5c(n4)CCNC5)ncc3F)cc12. The maximum Gasteiger partial charge on any atom is 0.229 e. The monoisotopic (exact) mass is 435 g/mol. The molecule has 164 valence electrons. The molecule has 0 saturated heterocycles. The molecular formula is C23H23F2N7. The Balaban J connectivity index is 1.54. The number of pyridine rings is 1. The topological polar surface area (TPSA) is 80.5 Å². The Hall–Kier alpha value is -3.46. The lowest BCUT2D eigenvalue weighted by Crippen LogP contribution is -2.24. The maximum atomic E-state index is 15.0. The summed E-state index contributed by atoms with van der Waals surface area (Å²) in [4.78, 5) is 13.0. The molecule has 0 bridgehead atoms. The van der Waals surface area contributed by atoms with Gasteiger partial charge in [-0.25, -0.2) is 23.7 Å². The molecule has 0 fully saturated rings. The van der Waals surface area contributed by atoms with Crippen LogP contribution in [0.4, 0.5) is 20.5 Å². The minimum atomic E-state index is -0.631. The van der Waals surface area contributed by atoms with Gasteiger partial charge in [0.2, 0.25) is 5.95 Å². The second kappa shape index (κ2) is 7.90. The Morgan fingerprint density at radius 3 is 2.78 bits per heavy atom. The van der Waals surface area contributed by atoms with Crippen LogP contribution in [0, 0.1) is 11.6 Å². The molecule has 2 N–H and O–H groups in total. The van der Waals surface area contributed by atoms with Crippen molar-refractivity contribution >= 4 is 22.7 Å². The van der Waals surface area contributed by atoms with Gasteiger partial charge in [-0.05, 0) is 29.7 Å². The van der Waals surface area contributed by atoms with Crippen molar-refractivity contribution in [1.29, 1.82) is 0 Å². The van der Waals surface area contributed by atoms with E-state index < -0.39 is 11.6 Å². The second-order valence-corrected chi connectivity index (χ2v) is 8.26. The molecule has 0 saturated carbocycles. The van der Waals surface area contributed by atoms with Crippen LogP contribution >= 0.6 is 0 Å². The number of rotatable bonds is 4. The number of halogens is 2. The summed E-state index contributed by atoms with van der Waals surface area (Å²) in [6.07, 6.45) is 1.92. The van der Waals surface area contributed by atoms with Crippen LogP contribution < -0.4 is 10.6 Å². The fourth-order valence-electron chi connectivity index (χ4n) is 4.10. The predicted molar refractivity (Wildman–Crippen MR) is 119 cm³/mol. The van der Waals surface area contributed by atoms with Crippen molar-refractivity contribution < 1.29 is 8.78 Å². The first kappa shape index (κ1) is 20.4. The Morgan fingerprint density at radius 1 is 1.12 bits per heavy atom. The third-order valence-corrected chi connectivity index (χ3v) is 5.65. The van der Waals surface area contributed by atoms with Gasteiger partial charge in [-0.15, -0.1) is 0 Å². The summed E-state index contributed by atoms with van der Waals surface area (Å²) in [7, 11) is 1.70. The first-order valence-corrected chi connectivity index (χ1v) is 10.6. The van der Waals surface area contributed by atoms with Crippen molar-refractivity contribution in [3.05, 3.63) is 59.0 Å². The quantitative estimate of drug-likeness (QED) is 0.500. The Bertz CT molecular complexity index is 1330. The number of fused-ring (bicyclic) bond motifs is 2. The van der Waals surface area contributed by atoms with Crippen molar-refractivity contribution in [3.63, 3.8) is 0 Å². The highest BCUT2D eigenvalue weighted by molar-refractivity contribution is 5.87. The van der Waals surface area contributed by atoms with E-state index in [4.69, 9.17) is 0 Å². The van der Waals surface area contributed by atoms with Crippen LogP contribution in [0.2, 0.25) is 0 Å². The lowest BCUT2D eigenvalue weighted by molar-refractivity contribution is 0.616. The number of nitrogens with one attached hydrogen (secondary N) is 2. The highest BCUT2D eigenvalue weighted by Gasteiger charge is 2.19. The van der Waals surface area contributed by atoms with Gasteiger partial charge in [0, 0.05) is 43.2 Å². The van der Waals surface area contributed by atoms with Crippen molar-refractivity contribution in [3.8, 4) is 11.3 Å². The molecule has 0 radical (unpaired) electrons. The van der Waals surface area contributed by atoms with Crippen molar-refractivity contribution in [1.82, 2.24) is 30.0 Å². The Labute approximate surface area is 183 Å². The number of anilines is 2. The molecule has 0 atom stereocenters. The highest BCUT2D eigenvalue weighted by Crippen LogP contribution is 2.32. The molecular weight excluding hydrogens is 412 g/mol. The van der Waals surface area contributed by atoms with E-state index in [2.05, 4.69) is 30.7 Å². The molecule has 3 aromatic heterocycles.